The van der Waals surface area contributed by atoms with Crippen LogP contribution >= 0.6 is 0 Å². The number of piperidine rings is 1. The van der Waals surface area contributed by atoms with Crippen LogP contribution in [0.25, 0.3) is 0 Å². The third kappa shape index (κ3) is 4.81. The molecule has 1 atom stereocenters. The van der Waals surface area contributed by atoms with Gasteiger partial charge in [0.2, 0.25) is 5.91 Å². The van der Waals surface area contributed by atoms with Gasteiger partial charge in [0.05, 0.1) is 6.61 Å². The maximum absolute atomic E-state index is 12.9. The van der Waals surface area contributed by atoms with E-state index in [9.17, 15) is 9.18 Å². The maximum atomic E-state index is 12.9. The Morgan fingerprint density at radius 2 is 2.12 bits per heavy atom. The number of ether oxygens (including phenoxy) is 1. The molecule has 0 spiro atoms. The average molecular weight is 345 g/mol. The quantitative estimate of drug-likeness (QED) is 0.809. The highest BCUT2D eigenvalue weighted by molar-refractivity contribution is 5.76. The van der Waals surface area contributed by atoms with E-state index >= 15 is 0 Å². The number of hydrogen-bond donors (Lipinski definition) is 0. The molecule has 2 heterocycles. The number of benzene rings is 1. The standard InChI is InChI=1S/C19H24FN3O2/c1-22-17(10-11-21-22)6-9-19(24)23-12-2-3-15(13-23)14-25-18-7-4-16(20)5-8-18/h4-5,7-8,10-11,15H,2-3,6,9,12-14H2,1H3. The van der Waals surface area contributed by atoms with Gasteiger partial charge in [0.25, 0.3) is 0 Å². The summed E-state index contributed by atoms with van der Waals surface area (Å²) in [5.41, 5.74) is 1.07. The molecule has 1 aromatic heterocycles. The zero-order valence-electron chi connectivity index (χ0n) is 14.5. The van der Waals surface area contributed by atoms with Crippen molar-refractivity contribution in [1.82, 2.24) is 14.7 Å². The minimum Gasteiger partial charge on any atom is -0.493 e. The molecule has 1 fully saturated rings. The molecular weight excluding hydrogens is 321 g/mol. The lowest BCUT2D eigenvalue weighted by atomic mass is 9.98. The van der Waals surface area contributed by atoms with Gasteiger partial charge < -0.3 is 9.64 Å². The fourth-order valence-corrected chi connectivity index (χ4v) is 3.21. The fourth-order valence-electron chi connectivity index (χ4n) is 3.21. The highest BCUT2D eigenvalue weighted by Crippen LogP contribution is 2.20. The summed E-state index contributed by atoms with van der Waals surface area (Å²) in [6.07, 6.45) is 5.01. The molecule has 134 valence electrons. The summed E-state index contributed by atoms with van der Waals surface area (Å²) in [5, 5.41) is 4.13. The highest BCUT2D eigenvalue weighted by atomic mass is 19.1. The molecule has 0 saturated carbocycles. The second-order valence-corrected chi connectivity index (χ2v) is 6.56. The van der Waals surface area contributed by atoms with E-state index < -0.39 is 0 Å². The van der Waals surface area contributed by atoms with Crippen LogP contribution in [-0.2, 0) is 18.3 Å². The Bertz CT molecular complexity index is 699. The Morgan fingerprint density at radius 3 is 2.84 bits per heavy atom. The van der Waals surface area contributed by atoms with Crippen molar-refractivity contribution in [3.05, 3.63) is 48.0 Å². The number of nitrogens with zero attached hydrogens (tertiary/aromatic N) is 3. The first-order chi connectivity index (χ1) is 12.1. The third-order valence-electron chi connectivity index (χ3n) is 4.69. The first-order valence-corrected chi connectivity index (χ1v) is 8.75. The molecule has 5 nitrogen and oxygen atoms in total. The molecular formula is C19H24FN3O2. The Labute approximate surface area is 147 Å². The van der Waals surface area contributed by atoms with Gasteiger partial charge in [0.15, 0.2) is 0 Å². The van der Waals surface area contributed by atoms with Crippen LogP contribution in [0.2, 0.25) is 0 Å². The van der Waals surface area contributed by atoms with Crippen molar-refractivity contribution in [2.24, 2.45) is 13.0 Å². The van der Waals surface area contributed by atoms with Crippen LogP contribution in [0.3, 0.4) is 0 Å². The summed E-state index contributed by atoms with van der Waals surface area (Å²) in [7, 11) is 1.89. The van der Waals surface area contributed by atoms with Gasteiger partial charge >= 0.3 is 0 Å². The molecule has 0 radical (unpaired) electrons. The molecule has 0 bridgehead atoms. The molecule has 3 rings (SSSR count). The maximum Gasteiger partial charge on any atom is 0.222 e. The van der Waals surface area contributed by atoms with Crippen LogP contribution in [0.5, 0.6) is 5.75 Å². The van der Waals surface area contributed by atoms with Gasteiger partial charge in [-0.3, -0.25) is 9.48 Å². The Morgan fingerprint density at radius 1 is 1.32 bits per heavy atom. The summed E-state index contributed by atoms with van der Waals surface area (Å²) in [6, 6.07) is 8.00. The van der Waals surface area contributed by atoms with Gasteiger partial charge in [0, 0.05) is 44.4 Å². The largest absolute Gasteiger partial charge is 0.493 e. The second-order valence-electron chi connectivity index (χ2n) is 6.56. The molecule has 2 aromatic rings. The number of halogens is 1. The Hall–Kier alpha value is -2.37. The lowest BCUT2D eigenvalue weighted by Gasteiger charge is -2.32. The summed E-state index contributed by atoms with van der Waals surface area (Å²) in [6.45, 7) is 2.10. The van der Waals surface area contributed by atoms with Crippen molar-refractivity contribution in [3.8, 4) is 5.75 Å². The fraction of sp³-hybridized carbons (Fsp3) is 0.474. The number of rotatable bonds is 6. The minimum absolute atomic E-state index is 0.188. The van der Waals surface area contributed by atoms with Crippen LogP contribution in [0, 0.1) is 11.7 Å². The number of carbonyl (C=O) groups excluding carboxylic acids is 1. The Kier molecular flexibility index (Phi) is 5.68. The first-order valence-electron chi connectivity index (χ1n) is 8.75. The summed E-state index contributed by atoms with van der Waals surface area (Å²) >= 11 is 0. The smallest absolute Gasteiger partial charge is 0.222 e. The molecule has 6 heteroatoms. The van der Waals surface area contributed by atoms with Crippen LogP contribution in [0.15, 0.2) is 36.5 Å². The number of hydrogen-bond acceptors (Lipinski definition) is 3. The van der Waals surface area contributed by atoms with Crippen LogP contribution in [-0.4, -0.2) is 40.3 Å². The van der Waals surface area contributed by atoms with E-state index in [1.54, 1.807) is 18.3 Å². The predicted molar refractivity (Wildman–Crippen MR) is 92.7 cm³/mol. The molecule has 0 aliphatic carbocycles. The molecule has 1 aliphatic heterocycles. The number of carbonyl (C=O) groups is 1. The molecule has 0 N–H and O–H groups in total. The van der Waals surface area contributed by atoms with Crippen molar-refractivity contribution >= 4 is 5.91 Å². The van der Waals surface area contributed by atoms with Gasteiger partial charge in [-0.05, 0) is 49.6 Å². The van der Waals surface area contributed by atoms with E-state index in [-0.39, 0.29) is 11.7 Å². The van der Waals surface area contributed by atoms with Crippen molar-refractivity contribution in [3.63, 3.8) is 0 Å². The van der Waals surface area contributed by atoms with Crippen molar-refractivity contribution < 1.29 is 13.9 Å². The average Bonchev–Trinajstić information content (AvgIpc) is 3.04. The summed E-state index contributed by atoms with van der Waals surface area (Å²) in [5.74, 6) is 0.906. The zero-order chi connectivity index (χ0) is 17.6. The molecule has 1 saturated heterocycles. The van der Waals surface area contributed by atoms with E-state index in [0.717, 1.165) is 31.6 Å². The second kappa shape index (κ2) is 8.14. The Balaban J connectivity index is 1.46. The van der Waals surface area contributed by atoms with Crippen molar-refractivity contribution in [2.75, 3.05) is 19.7 Å². The normalized spacial score (nSPS) is 17.5. The lowest BCUT2D eigenvalue weighted by molar-refractivity contribution is -0.133. The zero-order valence-corrected chi connectivity index (χ0v) is 14.5. The van der Waals surface area contributed by atoms with Crippen LogP contribution in [0.1, 0.15) is 25.0 Å². The van der Waals surface area contributed by atoms with Gasteiger partial charge in [-0.25, -0.2) is 4.39 Å². The van der Waals surface area contributed by atoms with E-state index in [1.165, 1.54) is 12.1 Å². The SMILES string of the molecule is Cn1nccc1CCC(=O)N1CCCC(COc2ccc(F)cc2)C1. The highest BCUT2D eigenvalue weighted by Gasteiger charge is 2.24. The van der Waals surface area contributed by atoms with Gasteiger partial charge in [-0.1, -0.05) is 0 Å². The number of aromatic nitrogens is 2. The number of likely N-dealkylation sites (tertiary alicyclic amines) is 1. The molecule has 1 aromatic carbocycles. The third-order valence-corrected chi connectivity index (χ3v) is 4.69. The van der Waals surface area contributed by atoms with E-state index in [0.29, 0.717) is 31.1 Å². The molecule has 1 amide bonds. The molecule has 1 aliphatic rings. The number of aryl methyl sites for hydroxylation is 2. The predicted octanol–water partition coefficient (Wildman–Crippen LogP) is 2.81. The summed E-state index contributed by atoms with van der Waals surface area (Å²) < 4.78 is 20.5. The van der Waals surface area contributed by atoms with E-state index in [2.05, 4.69) is 5.10 Å². The van der Waals surface area contributed by atoms with Gasteiger partial charge in [-0.15, -0.1) is 0 Å². The van der Waals surface area contributed by atoms with Gasteiger partial charge in [0.1, 0.15) is 11.6 Å². The lowest BCUT2D eigenvalue weighted by Crippen LogP contribution is -2.41. The van der Waals surface area contributed by atoms with Gasteiger partial charge in [-0.2, -0.15) is 5.10 Å². The molecule has 1 unspecified atom stereocenters. The minimum atomic E-state index is -0.268. The number of amides is 1. The topological polar surface area (TPSA) is 47.4 Å². The summed E-state index contributed by atoms with van der Waals surface area (Å²) in [4.78, 5) is 14.4. The van der Waals surface area contributed by atoms with E-state index in [1.807, 2.05) is 22.7 Å². The monoisotopic (exact) mass is 345 g/mol. The first kappa shape index (κ1) is 17.5. The van der Waals surface area contributed by atoms with Crippen LogP contribution < -0.4 is 4.74 Å². The van der Waals surface area contributed by atoms with Crippen molar-refractivity contribution in [1.29, 1.82) is 0 Å². The van der Waals surface area contributed by atoms with Crippen LogP contribution in [0.4, 0.5) is 4.39 Å². The van der Waals surface area contributed by atoms with E-state index in [4.69, 9.17) is 4.74 Å². The molecule has 25 heavy (non-hydrogen) atoms. The van der Waals surface area contributed by atoms with Crippen molar-refractivity contribution in [2.45, 2.75) is 25.7 Å².